The number of fused-ring (bicyclic) bond motifs is 1. The highest BCUT2D eigenvalue weighted by Crippen LogP contribution is 2.14. The zero-order valence-corrected chi connectivity index (χ0v) is 7.37. The Labute approximate surface area is 76.2 Å². The van der Waals surface area contributed by atoms with Crippen LogP contribution < -0.4 is 5.56 Å². The summed E-state index contributed by atoms with van der Waals surface area (Å²) in [6, 6.07) is 7.60. The fourth-order valence-corrected chi connectivity index (χ4v) is 1.47. The van der Waals surface area contributed by atoms with Gasteiger partial charge < -0.3 is 4.98 Å². The fourth-order valence-electron chi connectivity index (χ4n) is 1.47. The predicted octanol–water partition coefficient (Wildman–Crippen LogP) is 2.10. The maximum Gasteiger partial charge on any atom is 0.255 e. The van der Waals surface area contributed by atoms with Gasteiger partial charge in [0.1, 0.15) is 0 Å². The largest absolute Gasteiger partial charge is 0.328 e. The smallest absolute Gasteiger partial charge is 0.255 e. The molecule has 0 amide bonds. The van der Waals surface area contributed by atoms with Crippen molar-refractivity contribution in [2.75, 3.05) is 0 Å². The lowest BCUT2D eigenvalue weighted by atomic mass is 10.1. The molecule has 0 aliphatic carbocycles. The second-order valence-corrected chi connectivity index (χ2v) is 2.91. The summed E-state index contributed by atoms with van der Waals surface area (Å²) in [5, 5.41) is 1.76. The molecule has 0 fully saturated rings. The van der Waals surface area contributed by atoms with Gasteiger partial charge in [-0.05, 0) is 23.4 Å². The van der Waals surface area contributed by atoms with Crippen molar-refractivity contribution in [3.8, 4) is 0 Å². The number of hydrogen-bond donors (Lipinski definition) is 1. The number of hydrogen-bond acceptors (Lipinski definition) is 1. The van der Waals surface area contributed by atoms with Crippen molar-refractivity contribution in [1.82, 2.24) is 4.98 Å². The Hall–Kier alpha value is -1.57. The molecule has 1 radical (unpaired) electrons. The van der Waals surface area contributed by atoms with Crippen LogP contribution in [-0.2, 0) is 0 Å². The third-order valence-electron chi connectivity index (χ3n) is 2.15. The van der Waals surface area contributed by atoms with E-state index in [-0.39, 0.29) is 5.56 Å². The van der Waals surface area contributed by atoms with Crippen molar-refractivity contribution in [1.29, 1.82) is 0 Å². The zero-order valence-electron chi connectivity index (χ0n) is 7.37. The Kier molecular flexibility index (Phi) is 1.89. The highest BCUT2D eigenvalue weighted by molar-refractivity contribution is 5.85. The maximum atomic E-state index is 11.4. The molecule has 0 saturated carbocycles. The van der Waals surface area contributed by atoms with E-state index in [4.69, 9.17) is 0 Å². The number of rotatable bonds is 1. The topological polar surface area (TPSA) is 32.9 Å². The highest BCUT2D eigenvalue weighted by atomic mass is 16.1. The molecule has 0 bridgehead atoms. The van der Waals surface area contributed by atoms with E-state index < -0.39 is 0 Å². The minimum absolute atomic E-state index is 0.0267. The number of aromatic nitrogens is 1. The first-order chi connectivity index (χ1) is 6.33. The second-order valence-electron chi connectivity index (χ2n) is 2.91. The van der Waals surface area contributed by atoms with Crippen LogP contribution in [0, 0.1) is 6.42 Å². The Morgan fingerprint density at radius 3 is 2.62 bits per heavy atom. The molecule has 2 rings (SSSR count). The van der Waals surface area contributed by atoms with Gasteiger partial charge in [-0.15, -0.1) is 0 Å². The normalized spacial score (nSPS) is 10.5. The van der Waals surface area contributed by atoms with Gasteiger partial charge in [0, 0.05) is 11.6 Å². The second kappa shape index (κ2) is 3.05. The van der Waals surface area contributed by atoms with E-state index in [9.17, 15) is 4.79 Å². The molecule has 0 aliphatic rings. The van der Waals surface area contributed by atoms with Gasteiger partial charge in [-0.1, -0.05) is 25.1 Å². The summed E-state index contributed by atoms with van der Waals surface area (Å²) < 4.78 is 0. The molecule has 2 aromatic rings. The van der Waals surface area contributed by atoms with Crippen LogP contribution >= 0.6 is 0 Å². The fraction of sp³-hybridized carbons (Fsp3) is 0.0909. The zero-order chi connectivity index (χ0) is 9.26. The molecule has 1 aromatic heterocycles. The Bertz CT molecular complexity index is 485. The average Bonchev–Trinajstić information content (AvgIpc) is 2.19. The van der Waals surface area contributed by atoms with Gasteiger partial charge in [0.15, 0.2) is 0 Å². The first-order valence-electron chi connectivity index (χ1n) is 4.22. The summed E-state index contributed by atoms with van der Waals surface area (Å²) in [6.07, 6.45) is 3.73. The van der Waals surface area contributed by atoms with Gasteiger partial charge in [-0.3, -0.25) is 4.79 Å². The van der Waals surface area contributed by atoms with Crippen molar-refractivity contribution in [2.45, 2.75) is 6.92 Å². The monoisotopic (exact) mass is 172 g/mol. The molecule has 65 valence electrons. The minimum atomic E-state index is -0.0267. The molecule has 1 heterocycles. The van der Waals surface area contributed by atoms with Gasteiger partial charge in [0.05, 0.1) is 0 Å². The molecule has 1 aromatic carbocycles. The number of benzene rings is 1. The minimum Gasteiger partial charge on any atom is -0.328 e. The van der Waals surface area contributed by atoms with E-state index in [2.05, 4.69) is 4.98 Å². The first kappa shape index (κ1) is 8.05. The van der Waals surface area contributed by atoms with Crippen LogP contribution in [0.1, 0.15) is 12.5 Å². The molecule has 0 aliphatic heterocycles. The maximum absolute atomic E-state index is 11.4. The van der Waals surface area contributed by atoms with Crippen molar-refractivity contribution < 1.29 is 0 Å². The Balaban J connectivity index is 2.93. The Morgan fingerprint density at radius 1 is 1.23 bits per heavy atom. The van der Waals surface area contributed by atoms with E-state index in [0.717, 1.165) is 16.3 Å². The molecule has 0 spiro atoms. The van der Waals surface area contributed by atoms with Crippen LogP contribution in [0.3, 0.4) is 0 Å². The average molecular weight is 172 g/mol. The van der Waals surface area contributed by atoms with E-state index >= 15 is 0 Å². The van der Waals surface area contributed by atoms with Gasteiger partial charge in [-0.2, -0.15) is 0 Å². The molecule has 13 heavy (non-hydrogen) atoms. The van der Waals surface area contributed by atoms with Crippen molar-refractivity contribution in [2.24, 2.45) is 0 Å². The lowest BCUT2D eigenvalue weighted by molar-refractivity contribution is 1.24. The summed E-state index contributed by atoms with van der Waals surface area (Å²) in [6.45, 7) is 1.96. The van der Waals surface area contributed by atoms with Gasteiger partial charge in [0.2, 0.25) is 0 Å². The summed E-state index contributed by atoms with van der Waals surface area (Å²) in [5.41, 5.74) is 1.04. The van der Waals surface area contributed by atoms with E-state index in [1.807, 2.05) is 37.6 Å². The molecule has 2 heteroatoms. The lowest BCUT2D eigenvalue weighted by Crippen LogP contribution is -2.06. The number of pyridine rings is 1. The van der Waals surface area contributed by atoms with Crippen LogP contribution in [0.15, 0.2) is 35.3 Å². The standard InChI is InChI=1S/C11H10NO/c1-2-8-7-12-11(13)10-6-4-3-5-9(8)10/h2-7H,1H3,(H,12,13). The first-order valence-corrected chi connectivity index (χ1v) is 4.22. The number of nitrogens with one attached hydrogen (secondary N) is 1. The Morgan fingerprint density at radius 2 is 1.92 bits per heavy atom. The molecular weight excluding hydrogens is 162 g/mol. The molecule has 0 saturated heterocycles. The van der Waals surface area contributed by atoms with Crippen LogP contribution in [0.25, 0.3) is 10.8 Å². The SMILES string of the molecule is C[CH]c1c[nH]c(=O)c2ccccc12. The predicted molar refractivity (Wildman–Crippen MR) is 53.6 cm³/mol. The van der Waals surface area contributed by atoms with Crippen LogP contribution in [-0.4, -0.2) is 4.98 Å². The van der Waals surface area contributed by atoms with Crippen molar-refractivity contribution >= 4 is 10.8 Å². The summed E-state index contributed by atoms with van der Waals surface area (Å²) >= 11 is 0. The van der Waals surface area contributed by atoms with E-state index in [0.29, 0.717) is 0 Å². The van der Waals surface area contributed by atoms with Gasteiger partial charge >= 0.3 is 0 Å². The van der Waals surface area contributed by atoms with E-state index in [1.165, 1.54) is 0 Å². The highest BCUT2D eigenvalue weighted by Gasteiger charge is 2.00. The third kappa shape index (κ3) is 1.24. The van der Waals surface area contributed by atoms with Gasteiger partial charge in [-0.25, -0.2) is 0 Å². The molecule has 0 unspecified atom stereocenters. The van der Waals surface area contributed by atoms with Crippen LogP contribution in [0.2, 0.25) is 0 Å². The van der Waals surface area contributed by atoms with Crippen molar-refractivity contribution in [3.63, 3.8) is 0 Å². The molecule has 2 nitrogen and oxygen atoms in total. The lowest BCUT2D eigenvalue weighted by Gasteiger charge is -2.01. The van der Waals surface area contributed by atoms with E-state index in [1.54, 1.807) is 6.20 Å². The molecule has 1 N–H and O–H groups in total. The third-order valence-corrected chi connectivity index (χ3v) is 2.15. The van der Waals surface area contributed by atoms with Crippen LogP contribution in [0.5, 0.6) is 0 Å². The molecule has 0 atom stereocenters. The van der Waals surface area contributed by atoms with Crippen LogP contribution in [0.4, 0.5) is 0 Å². The quantitative estimate of drug-likeness (QED) is 0.702. The summed E-state index contributed by atoms with van der Waals surface area (Å²) in [4.78, 5) is 14.1. The van der Waals surface area contributed by atoms with Gasteiger partial charge in [0.25, 0.3) is 5.56 Å². The number of H-pyrrole nitrogens is 1. The van der Waals surface area contributed by atoms with Crippen molar-refractivity contribution in [3.05, 3.63) is 52.8 Å². The summed E-state index contributed by atoms with van der Waals surface area (Å²) in [5.74, 6) is 0. The molecular formula is C11H10NO. The number of aromatic amines is 1. The summed E-state index contributed by atoms with van der Waals surface area (Å²) in [7, 11) is 0.